The van der Waals surface area contributed by atoms with E-state index in [9.17, 15) is 10.2 Å². The summed E-state index contributed by atoms with van der Waals surface area (Å²) in [5, 5.41) is 28.5. The number of phenols is 2. The Kier molecular flexibility index (Phi) is 3.81. The molecular weight excluding hydrogens is 348 g/mol. The van der Waals surface area contributed by atoms with Gasteiger partial charge >= 0.3 is 0 Å². The Hall–Kier alpha value is -3.06. The van der Waals surface area contributed by atoms with Crippen LogP contribution in [0.15, 0.2) is 36.4 Å². The molecule has 0 unspecified atom stereocenters. The van der Waals surface area contributed by atoms with Crippen molar-refractivity contribution in [3.8, 4) is 28.6 Å². The Labute approximate surface area is 154 Å². The molecule has 26 heavy (non-hydrogen) atoms. The van der Waals surface area contributed by atoms with Gasteiger partial charge in [0.05, 0.1) is 11.3 Å². The second-order valence-corrected chi connectivity index (χ2v) is 6.65. The van der Waals surface area contributed by atoms with Gasteiger partial charge in [0.15, 0.2) is 10.6 Å². The van der Waals surface area contributed by atoms with Crippen LogP contribution in [0, 0.1) is 11.7 Å². The van der Waals surface area contributed by atoms with Crippen LogP contribution in [-0.4, -0.2) is 30.0 Å². The topological polar surface area (TPSA) is 89.9 Å². The number of fused-ring (bicyclic) bond motifs is 1. The summed E-state index contributed by atoms with van der Waals surface area (Å²) in [6.07, 6.45) is 0.638. The zero-order valence-electron chi connectivity index (χ0n) is 14.4. The van der Waals surface area contributed by atoms with Gasteiger partial charge in [-0.2, -0.15) is 5.10 Å². The number of nitrogens with zero attached hydrogens (tertiary/aromatic N) is 2. The molecule has 2 aromatic heterocycles. The monoisotopic (exact) mass is 366 g/mol. The Bertz CT molecular complexity index is 1190. The van der Waals surface area contributed by atoms with Crippen LogP contribution < -0.4 is 0 Å². The van der Waals surface area contributed by atoms with Crippen LogP contribution in [0.4, 0.5) is 0 Å². The minimum absolute atomic E-state index is 0.0477. The van der Waals surface area contributed by atoms with Crippen molar-refractivity contribution in [3.63, 3.8) is 0 Å². The van der Waals surface area contributed by atoms with Crippen molar-refractivity contribution in [2.45, 2.75) is 20.3 Å². The molecule has 0 saturated carbocycles. The molecule has 7 heteroatoms. The van der Waals surface area contributed by atoms with Crippen LogP contribution in [0.25, 0.3) is 28.0 Å². The summed E-state index contributed by atoms with van der Waals surface area (Å²) in [5.74, 6) is 0.515. The van der Waals surface area contributed by atoms with E-state index in [1.807, 2.05) is 32.0 Å². The SMILES string of the molecule is CCc1cc(-c2n[nH]c(=S)n2-c2ccc3[nH]c(C)cc3c2)c(O)cc1O. The van der Waals surface area contributed by atoms with E-state index in [0.717, 1.165) is 27.8 Å². The van der Waals surface area contributed by atoms with Crippen LogP contribution in [0.1, 0.15) is 18.2 Å². The number of aromatic hydroxyl groups is 2. The number of aromatic nitrogens is 4. The first kappa shape index (κ1) is 16.4. The lowest BCUT2D eigenvalue weighted by Crippen LogP contribution is -1.98. The van der Waals surface area contributed by atoms with Gasteiger partial charge in [-0.25, -0.2) is 0 Å². The van der Waals surface area contributed by atoms with Gasteiger partial charge in [0.1, 0.15) is 11.5 Å². The smallest absolute Gasteiger partial charge is 0.200 e. The molecule has 132 valence electrons. The minimum atomic E-state index is -0.0477. The highest BCUT2D eigenvalue weighted by molar-refractivity contribution is 7.71. The molecule has 0 aliphatic carbocycles. The molecule has 2 heterocycles. The van der Waals surface area contributed by atoms with Crippen LogP contribution in [0.3, 0.4) is 0 Å². The molecule has 0 amide bonds. The molecule has 2 aromatic carbocycles. The van der Waals surface area contributed by atoms with Gasteiger partial charge in [-0.1, -0.05) is 6.92 Å². The standard InChI is InChI=1S/C19H18N4O2S/c1-3-11-8-14(17(25)9-16(11)24)18-21-22-19(26)23(18)13-4-5-15-12(7-13)6-10(2)20-15/h4-9,20,24-25H,3H2,1-2H3,(H,22,26). The second kappa shape index (κ2) is 6.03. The zero-order chi connectivity index (χ0) is 18.4. The first-order chi connectivity index (χ1) is 12.5. The number of H-pyrrole nitrogens is 2. The van der Waals surface area contributed by atoms with Gasteiger partial charge in [-0.3, -0.25) is 9.67 Å². The summed E-state index contributed by atoms with van der Waals surface area (Å²) in [6.45, 7) is 3.95. The van der Waals surface area contributed by atoms with Crippen LogP contribution in [0.2, 0.25) is 0 Å². The van der Waals surface area contributed by atoms with Gasteiger partial charge in [-0.05, 0) is 61.5 Å². The molecule has 0 radical (unpaired) electrons. The summed E-state index contributed by atoms with van der Waals surface area (Å²) >= 11 is 5.42. The Balaban J connectivity index is 1.94. The van der Waals surface area contributed by atoms with E-state index < -0.39 is 0 Å². The second-order valence-electron chi connectivity index (χ2n) is 6.26. The molecule has 4 rings (SSSR count). The van der Waals surface area contributed by atoms with Crippen molar-refractivity contribution >= 4 is 23.1 Å². The first-order valence-electron chi connectivity index (χ1n) is 8.30. The molecule has 4 aromatic rings. The van der Waals surface area contributed by atoms with E-state index in [-0.39, 0.29) is 11.5 Å². The highest BCUT2D eigenvalue weighted by Crippen LogP contribution is 2.35. The van der Waals surface area contributed by atoms with E-state index >= 15 is 0 Å². The molecule has 0 atom stereocenters. The number of phenolic OH excluding ortho intramolecular Hbond substituents is 2. The van der Waals surface area contributed by atoms with Gasteiger partial charge < -0.3 is 15.2 Å². The number of hydrogen-bond donors (Lipinski definition) is 4. The van der Waals surface area contributed by atoms with E-state index in [4.69, 9.17) is 12.2 Å². The molecule has 0 spiro atoms. The van der Waals surface area contributed by atoms with Crippen LogP contribution >= 0.6 is 12.2 Å². The maximum absolute atomic E-state index is 10.4. The molecule has 0 aliphatic heterocycles. The molecule has 4 N–H and O–H groups in total. The Morgan fingerprint density at radius 3 is 2.69 bits per heavy atom. The highest BCUT2D eigenvalue weighted by atomic mass is 32.1. The lowest BCUT2D eigenvalue weighted by molar-refractivity contribution is 0.447. The van der Waals surface area contributed by atoms with Crippen molar-refractivity contribution in [1.29, 1.82) is 0 Å². The summed E-state index contributed by atoms with van der Waals surface area (Å²) in [6, 6.07) is 11.1. The first-order valence-corrected chi connectivity index (χ1v) is 8.71. The maximum atomic E-state index is 10.4. The van der Waals surface area contributed by atoms with Crippen molar-refractivity contribution in [2.24, 2.45) is 0 Å². The molecule has 0 aliphatic rings. The third-order valence-corrected chi connectivity index (χ3v) is 4.76. The van der Waals surface area contributed by atoms with E-state index in [2.05, 4.69) is 21.2 Å². The maximum Gasteiger partial charge on any atom is 0.200 e. The van der Waals surface area contributed by atoms with Crippen molar-refractivity contribution in [3.05, 3.63) is 52.4 Å². The van der Waals surface area contributed by atoms with Gasteiger partial charge in [0.25, 0.3) is 0 Å². The molecule has 0 saturated heterocycles. The van der Waals surface area contributed by atoms with Gasteiger partial charge in [0, 0.05) is 22.7 Å². The fraction of sp³-hybridized carbons (Fsp3) is 0.158. The van der Waals surface area contributed by atoms with Crippen molar-refractivity contribution in [1.82, 2.24) is 19.7 Å². The lowest BCUT2D eigenvalue weighted by atomic mass is 10.1. The normalized spacial score (nSPS) is 11.3. The molecule has 6 nitrogen and oxygen atoms in total. The van der Waals surface area contributed by atoms with E-state index in [1.54, 1.807) is 10.6 Å². The number of nitrogens with one attached hydrogen (secondary N) is 2. The van der Waals surface area contributed by atoms with Gasteiger partial charge in [-0.15, -0.1) is 0 Å². The average molecular weight is 366 g/mol. The largest absolute Gasteiger partial charge is 0.508 e. The Morgan fingerprint density at radius 1 is 1.12 bits per heavy atom. The highest BCUT2D eigenvalue weighted by Gasteiger charge is 2.17. The fourth-order valence-electron chi connectivity index (χ4n) is 3.21. The molecular formula is C19H18N4O2S. The van der Waals surface area contributed by atoms with Crippen LogP contribution in [0.5, 0.6) is 11.5 Å². The van der Waals surface area contributed by atoms with E-state index in [0.29, 0.717) is 22.6 Å². The Morgan fingerprint density at radius 2 is 1.92 bits per heavy atom. The minimum Gasteiger partial charge on any atom is -0.508 e. The fourth-order valence-corrected chi connectivity index (χ4v) is 3.44. The number of aryl methyl sites for hydroxylation is 2. The number of hydrogen-bond acceptors (Lipinski definition) is 4. The van der Waals surface area contributed by atoms with E-state index in [1.165, 1.54) is 6.07 Å². The quantitative estimate of drug-likeness (QED) is 0.406. The summed E-state index contributed by atoms with van der Waals surface area (Å²) in [7, 11) is 0. The average Bonchev–Trinajstić information content (AvgIpc) is 3.16. The summed E-state index contributed by atoms with van der Waals surface area (Å²) < 4.78 is 2.21. The van der Waals surface area contributed by atoms with Crippen molar-refractivity contribution in [2.75, 3.05) is 0 Å². The lowest BCUT2D eigenvalue weighted by Gasteiger charge is -2.11. The van der Waals surface area contributed by atoms with Gasteiger partial charge in [0.2, 0.25) is 0 Å². The third kappa shape index (κ3) is 2.57. The predicted octanol–water partition coefficient (Wildman–Crippen LogP) is 4.36. The van der Waals surface area contributed by atoms with Crippen LogP contribution in [-0.2, 0) is 6.42 Å². The predicted molar refractivity (Wildman–Crippen MR) is 103 cm³/mol. The van der Waals surface area contributed by atoms with Crippen molar-refractivity contribution < 1.29 is 10.2 Å². The summed E-state index contributed by atoms with van der Waals surface area (Å²) in [5.41, 5.74) is 4.21. The molecule has 0 fully saturated rings. The zero-order valence-corrected chi connectivity index (χ0v) is 15.2. The number of aromatic amines is 2. The molecule has 0 bridgehead atoms. The number of rotatable bonds is 3. The summed E-state index contributed by atoms with van der Waals surface area (Å²) in [4.78, 5) is 3.30. The number of benzene rings is 2. The third-order valence-electron chi connectivity index (χ3n) is 4.49.